The molecule has 0 fully saturated rings. The molecule has 1 aliphatic heterocycles. The standard InChI is InChI=1S/C23H22N4/c1-3-26-18(2)10-6-4-9-13-20-16-21(14-15-22(20)26)27-23(17-24-25-27)19-11-7-5-8-12-19/h4-12,14-17H,2-3,13H2,1H3/b9-4-,10-6-. The normalized spacial score (nSPS) is 16.2. The Morgan fingerprint density at radius 3 is 2.74 bits per heavy atom. The van der Waals surface area contributed by atoms with Crippen LogP contribution in [0.4, 0.5) is 5.69 Å². The summed E-state index contributed by atoms with van der Waals surface area (Å²) in [5, 5.41) is 8.47. The van der Waals surface area contributed by atoms with Gasteiger partial charge in [0, 0.05) is 23.5 Å². The average Bonchev–Trinajstić information content (AvgIpc) is 3.21. The van der Waals surface area contributed by atoms with Crippen molar-refractivity contribution in [3.63, 3.8) is 0 Å². The molecular weight excluding hydrogens is 332 g/mol. The fraction of sp³-hybridized carbons (Fsp3) is 0.130. The topological polar surface area (TPSA) is 34.0 Å². The van der Waals surface area contributed by atoms with Gasteiger partial charge in [0.1, 0.15) is 0 Å². The number of fused-ring (bicyclic) bond motifs is 1. The van der Waals surface area contributed by atoms with Gasteiger partial charge in [-0.05, 0) is 43.2 Å². The number of anilines is 1. The number of benzene rings is 2. The first kappa shape index (κ1) is 17.0. The second kappa shape index (κ2) is 7.46. The van der Waals surface area contributed by atoms with E-state index in [1.165, 1.54) is 11.3 Å². The van der Waals surface area contributed by atoms with Gasteiger partial charge in [0.25, 0.3) is 0 Å². The van der Waals surface area contributed by atoms with Crippen LogP contribution in [0.3, 0.4) is 0 Å². The molecule has 0 atom stereocenters. The van der Waals surface area contributed by atoms with Crippen LogP contribution in [0.1, 0.15) is 12.5 Å². The molecule has 2 heterocycles. The second-order valence-electron chi connectivity index (χ2n) is 6.44. The van der Waals surface area contributed by atoms with Crippen LogP contribution in [0.25, 0.3) is 16.9 Å². The van der Waals surface area contributed by atoms with E-state index >= 15 is 0 Å². The summed E-state index contributed by atoms with van der Waals surface area (Å²) in [6.45, 7) is 7.23. The van der Waals surface area contributed by atoms with Gasteiger partial charge in [-0.25, -0.2) is 4.68 Å². The summed E-state index contributed by atoms with van der Waals surface area (Å²) in [5.74, 6) is 0. The number of hydrogen-bond acceptors (Lipinski definition) is 3. The van der Waals surface area contributed by atoms with E-state index in [9.17, 15) is 0 Å². The van der Waals surface area contributed by atoms with E-state index in [-0.39, 0.29) is 0 Å². The summed E-state index contributed by atoms with van der Waals surface area (Å²) < 4.78 is 1.90. The van der Waals surface area contributed by atoms with Gasteiger partial charge < -0.3 is 4.90 Å². The molecule has 4 heteroatoms. The molecule has 0 bridgehead atoms. The molecule has 134 valence electrons. The predicted molar refractivity (Wildman–Crippen MR) is 111 cm³/mol. The van der Waals surface area contributed by atoms with Crippen LogP contribution in [-0.4, -0.2) is 21.5 Å². The third-order valence-electron chi connectivity index (χ3n) is 4.75. The van der Waals surface area contributed by atoms with Crippen LogP contribution in [0, 0.1) is 0 Å². The van der Waals surface area contributed by atoms with Crippen LogP contribution in [-0.2, 0) is 6.42 Å². The molecule has 0 spiro atoms. The Kier molecular flexibility index (Phi) is 4.71. The molecule has 0 N–H and O–H groups in total. The number of likely N-dealkylation sites (N-methyl/N-ethyl adjacent to an activating group) is 1. The van der Waals surface area contributed by atoms with Crippen molar-refractivity contribution in [2.24, 2.45) is 0 Å². The van der Waals surface area contributed by atoms with Gasteiger partial charge in [0.05, 0.1) is 17.6 Å². The third-order valence-corrected chi connectivity index (χ3v) is 4.75. The maximum Gasteiger partial charge on any atom is 0.0944 e. The van der Waals surface area contributed by atoms with Gasteiger partial charge in [-0.15, -0.1) is 5.10 Å². The minimum atomic E-state index is 0.854. The Hall–Kier alpha value is -3.40. The summed E-state index contributed by atoms with van der Waals surface area (Å²) in [5.41, 5.74) is 6.50. The smallest absolute Gasteiger partial charge is 0.0944 e. The van der Waals surface area contributed by atoms with E-state index in [0.29, 0.717) is 0 Å². The van der Waals surface area contributed by atoms with Gasteiger partial charge in [0.2, 0.25) is 0 Å². The van der Waals surface area contributed by atoms with Crippen LogP contribution in [0.15, 0.2) is 91.3 Å². The molecule has 0 saturated carbocycles. The fourth-order valence-corrected chi connectivity index (χ4v) is 3.42. The lowest BCUT2D eigenvalue weighted by Crippen LogP contribution is -2.21. The molecule has 0 unspecified atom stereocenters. The molecule has 0 saturated heterocycles. The summed E-state index contributed by atoms with van der Waals surface area (Å²) >= 11 is 0. The van der Waals surface area contributed by atoms with Gasteiger partial charge in [-0.2, -0.15) is 0 Å². The number of nitrogens with zero attached hydrogens (tertiary/aromatic N) is 4. The summed E-state index contributed by atoms with van der Waals surface area (Å²) in [6.07, 6.45) is 11.0. The monoisotopic (exact) mass is 354 g/mol. The Morgan fingerprint density at radius 1 is 1.07 bits per heavy atom. The van der Waals surface area contributed by atoms with E-state index in [2.05, 4.69) is 71.2 Å². The molecule has 0 radical (unpaired) electrons. The second-order valence-corrected chi connectivity index (χ2v) is 6.44. The summed E-state index contributed by atoms with van der Waals surface area (Å²) in [4.78, 5) is 2.24. The Balaban J connectivity index is 1.80. The van der Waals surface area contributed by atoms with Gasteiger partial charge >= 0.3 is 0 Å². The van der Waals surface area contributed by atoms with E-state index in [1.807, 2.05) is 35.0 Å². The zero-order valence-electron chi connectivity index (χ0n) is 15.4. The van der Waals surface area contributed by atoms with E-state index in [4.69, 9.17) is 0 Å². The SMILES string of the molecule is C=C1/C=C\C=C/Cc2cc(-n3nncc3-c3ccccc3)ccc2N1CC. The third kappa shape index (κ3) is 3.34. The zero-order valence-corrected chi connectivity index (χ0v) is 15.4. The van der Waals surface area contributed by atoms with Gasteiger partial charge in [0.15, 0.2) is 0 Å². The number of hydrogen-bond donors (Lipinski definition) is 0. The number of rotatable bonds is 3. The lowest BCUT2D eigenvalue weighted by molar-refractivity contribution is 0.806. The Labute approximate surface area is 159 Å². The van der Waals surface area contributed by atoms with Crippen LogP contribution < -0.4 is 4.90 Å². The quantitative estimate of drug-likeness (QED) is 0.668. The van der Waals surface area contributed by atoms with Crippen molar-refractivity contribution in [2.45, 2.75) is 13.3 Å². The molecule has 0 amide bonds. The lowest BCUT2D eigenvalue weighted by atomic mass is 10.1. The molecule has 1 aliphatic rings. The van der Waals surface area contributed by atoms with Crippen molar-refractivity contribution in [3.8, 4) is 16.9 Å². The summed E-state index contributed by atoms with van der Waals surface area (Å²) in [6, 6.07) is 16.7. The van der Waals surface area contributed by atoms with Crippen molar-refractivity contribution < 1.29 is 0 Å². The van der Waals surface area contributed by atoms with Crippen molar-refractivity contribution in [2.75, 3.05) is 11.4 Å². The van der Waals surface area contributed by atoms with Gasteiger partial charge in [-0.1, -0.05) is 60.4 Å². The van der Waals surface area contributed by atoms with Gasteiger partial charge in [-0.3, -0.25) is 0 Å². The fourth-order valence-electron chi connectivity index (χ4n) is 3.42. The van der Waals surface area contributed by atoms with Crippen molar-refractivity contribution in [3.05, 3.63) is 96.9 Å². The maximum absolute atomic E-state index is 4.33. The molecule has 2 aromatic carbocycles. The molecule has 3 aromatic rings. The lowest BCUT2D eigenvalue weighted by Gasteiger charge is -2.26. The van der Waals surface area contributed by atoms with Crippen LogP contribution in [0.2, 0.25) is 0 Å². The molecule has 27 heavy (non-hydrogen) atoms. The highest BCUT2D eigenvalue weighted by Gasteiger charge is 2.15. The Morgan fingerprint density at radius 2 is 1.93 bits per heavy atom. The molecule has 4 rings (SSSR count). The van der Waals surface area contributed by atoms with E-state index in [0.717, 1.165) is 35.6 Å². The molecular formula is C23H22N4. The largest absolute Gasteiger partial charge is 0.342 e. The first-order chi connectivity index (χ1) is 13.3. The van der Waals surface area contributed by atoms with Crippen LogP contribution in [0.5, 0.6) is 0 Å². The highest BCUT2D eigenvalue weighted by molar-refractivity contribution is 5.65. The molecule has 0 aliphatic carbocycles. The first-order valence-electron chi connectivity index (χ1n) is 9.17. The zero-order chi connectivity index (χ0) is 18.6. The minimum absolute atomic E-state index is 0.854. The van der Waals surface area contributed by atoms with Crippen molar-refractivity contribution >= 4 is 5.69 Å². The highest BCUT2D eigenvalue weighted by Crippen LogP contribution is 2.29. The first-order valence-corrected chi connectivity index (χ1v) is 9.17. The van der Waals surface area contributed by atoms with Crippen LogP contribution >= 0.6 is 0 Å². The number of allylic oxidation sites excluding steroid dienone is 4. The highest BCUT2D eigenvalue weighted by atomic mass is 15.4. The molecule has 4 nitrogen and oxygen atoms in total. The van der Waals surface area contributed by atoms with E-state index < -0.39 is 0 Å². The number of aromatic nitrogens is 3. The predicted octanol–water partition coefficient (Wildman–Crippen LogP) is 4.94. The van der Waals surface area contributed by atoms with E-state index in [1.54, 1.807) is 6.20 Å². The molecule has 1 aromatic heterocycles. The summed E-state index contributed by atoms with van der Waals surface area (Å²) in [7, 11) is 0. The maximum atomic E-state index is 4.33. The average molecular weight is 354 g/mol. The van der Waals surface area contributed by atoms with Crippen molar-refractivity contribution in [1.29, 1.82) is 0 Å². The minimum Gasteiger partial charge on any atom is -0.342 e. The van der Waals surface area contributed by atoms with Crippen molar-refractivity contribution in [1.82, 2.24) is 15.0 Å². The Bertz CT molecular complexity index is 1010.